The van der Waals surface area contributed by atoms with Gasteiger partial charge in [-0.15, -0.1) is 0 Å². The number of rotatable bonds is 4. The molecule has 0 saturated carbocycles. The number of hydrogen-bond acceptors (Lipinski definition) is 4. The molecule has 4 heterocycles. The number of fused-ring (bicyclic) bond motifs is 1. The Bertz CT molecular complexity index is 925. The molecule has 0 aromatic carbocycles. The summed E-state index contributed by atoms with van der Waals surface area (Å²) in [5.74, 6) is -0.270. The van der Waals surface area contributed by atoms with Crippen molar-refractivity contribution >= 4 is 27.5 Å². The Kier molecular flexibility index (Phi) is 4.82. The Labute approximate surface area is 160 Å². The number of nitrogens with zero attached hydrogens (tertiary/aromatic N) is 4. The molecule has 1 aliphatic rings. The van der Waals surface area contributed by atoms with Gasteiger partial charge in [-0.3, -0.25) is 4.90 Å². The quantitative estimate of drug-likeness (QED) is 0.610. The summed E-state index contributed by atoms with van der Waals surface area (Å²) in [5, 5.41) is 0. The zero-order valence-electron chi connectivity index (χ0n) is 14.6. The standard InChI is InChI=1S/C19H21BrN4O2/c1-26-19(25)17-3-2-8-24(17)16-6-9-22(10-7-16)12-15-13-23-11-14(20)4-5-18(23)21-15/h2-5,8,11,13,16H,6-7,9-10,12H2,1H3. The molecule has 3 aromatic rings. The average Bonchev–Trinajstić information content (AvgIpc) is 3.28. The number of ether oxygens (including phenoxy) is 1. The van der Waals surface area contributed by atoms with Crippen molar-refractivity contribution in [2.24, 2.45) is 0 Å². The predicted molar refractivity (Wildman–Crippen MR) is 102 cm³/mol. The van der Waals surface area contributed by atoms with E-state index in [0.717, 1.165) is 48.3 Å². The zero-order chi connectivity index (χ0) is 18.1. The van der Waals surface area contributed by atoms with Gasteiger partial charge in [-0.25, -0.2) is 9.78 Å². The molecule has 26 heavy (non-hydrogen) atoms. The highest BCUT2D eigenvalue weighted by Gasteiger charge is 2.24. The van der Waals surface area contributed by atoms with Crippen LogP contribution >= 0.6 is 15.9 Å². The maximum absolute atomic E-state index is 11.9. The summed E-state index contributed by atoms with van der Waals surface area (Å²) < 4.78 is 10.0. The van der Waals surface area contributed by atoms with E-state index in [1.807, 2.05) is 36.7 Å². The highest BCUT2D eigenvalue weighted by atomic mass is 79.9. The van der Waals surface area contributed by atoms with E-state index in [-0.39, 0.29) is 5.97 Å². The Morgan fingerprint density at radius 2 is 2.08 bits per heavy atom. The van der Waals surface area contributed by atoms with Crippen LogP contribution in [0.5, 0.6) is 0 Å². The molecule has 1 fully saturated rings. The van der Waals surface area contributed by atoms with Crippen molar-refractivity contribution < 1.29 is 9.53 Å². The smallest absolute Gasteiger partial charge is 0.354 e. The molecule has 1 aliphatic heterocycles. The Hall–Kier alpha value is -2.12. The number of carbonyl (C=O) groups excluding carboxylic acids is 1. The second-order valence-corrected chi connectivity index (χ2v) is 7.56. The second kappa shape index (κ2) is 7.25. The molecule has 0 radical (unpaired) electrons. The predicted octanol–water partition coefficient (Wildman–Crippen LogP) is 3.52. The molecule has 7 heteroatoms. The van der Waals surface area contributed by atoms with Crippen molar-refractivity contribution in [3.05, 3.63) is 58.7 Å². The summed E-state index contributed by atoms with van der Waals surface area (Å²) in [6, 6.07) is 8.10. The van der Waals surface area contributed by atoms with Crippen LogP contribution in [-0.2, 0) is 11.3 Å². The van der Waals surface area contributed by atoms with E-state index in [4.69, 9.17) is 9.72 Å². The summed E-state index contributed by atoms with van der Waals surface area (Å²) in [5.41, 5.74) is 2.68. The van der Waals surface area contributed by atoms with Crippen LogP contribution < -0.4 is 0 Å². The number of halogens is 1. The van der Waals surface area contributed by atoms with E-state index in [1.54, 1.807) is 0 Å². The minimum atomic E-state index is -0.270. The summed E-state index contributed by atoms with van der Waals surface area (Å²) in [6.07, 6.45) is 8.12. The Morgan fingerprint density at radius 1 is 1.27 bits per heavy atom. The van der Waals surface area contributed by atoms with Gasteiger partial charge in [0.25, 0.3) is 0 Å². The summed E-state index contributed by atoms with van der Waals surface area (Å²) in [7, 11) is 1.43. The van der Waals surface area contributed by atoms with E-state index in [9.17, 15) is 4.79 Å². The monoisotopic (exact) mass is 416 g/mol. The zero-order valence-corrected chi connectivity index (χ0v) is 16.2. The number of pyridine rings is 1. The molecule has 6 nitrogen and oxygen atoms in total. The lowest BCUT2D eigenvalue weighted by molar-refractivity contribution is 0.0581. The maximum Gasteiger partial charge on any atom is 0.354 e. The number of carbonyl (C=O) groups is 1. The first-order chi connectivity index (χ1) is 12.6. The third-order valence-electron chi connectivity index (χ3n) is 4.97. The van der Waals surface area contributed by atoms with E-state index >= 15 is 0 Å². The van der Waals surface area contributed by atoms with Gasteiger partial charge in [0.05, 0.1) is 12.8 Å². The molecular formula is C19H21BrN4O2. The first-order valence-electron chi connectivity index (χ1n) is 8.74. The SMILES string of the molecule is COC(=O)c1cccn1C1CCN(Cc2cn3cc(Br)ccc3n2)CC1. The molecule has 0 spiro atoms. The van der Waals surface area contributed by atoms with Gasteiger partial charge in [-0.05, 0) is 53.0 Å². The van der Waals surface area contributed by atoms with E-state index in [0.29, 0.717) is 11.7 Å². The molecular weight excluding hydrogens is 396 g/mol. The van der Waals surface area contributed by atoms with Crippen LogP contribution in [0.3, 0.4) is 0 Å². The minimum Gasteiger partial charge on any atom is -0.464 e. The lowest BCUT2D eigenvalue weighted by Crippen LogP contribution is -2.34. The molecule has 136 valence electrons. The lowest BCUT2D eigenvalue weighted by atomic mass is 10.0. The molecule has 0 N–H and O–H groups in total. The van der Waals surface area contributed by atoms with Gasteiger partial charge in [0.15, 0.2) is 0 Å². The highest BCUT2D eigenvalue weighted by Crippen LogP contribution is 2.26. The van der Waals surface area contributed by atoms with Gasteiger partial charge in [0.2, 0.25) is 0 Å². The molecule has 4 rings (SSSR count). The fourth-order valence-corrected chi connectivity index (χ4v) is 4.02. The molecule has 0 bridgehead atoms. The Balaban J connectivity index is 1.40. The summed E-state index contributed by atoms with van der Waals surface area (Å²) in [6.45, 7) is 2.82. The third kappa shape index (κ3) is 3.41. The third-order valence-corrected chi connectivity index (χ3v) is 5.44. The molecule has 0 amide bonds. The number of likely N-dealkylation sites (tertiary alicyclic amines) is 1. The van der Waals surface area contributed by atoms with Gasteiger partial charge in [0.1, 0.15) is 11.3 Å². The molecule has 0 aliphatic carbocycles. The second-order valence-electron chi connectivity index (χ2n) is 6.64. The van der Waals surface area contributed by atoms with Crippen molar-refractivity contribution in [3.8, 4) is 0 Å². The lowest BCUT2D eigenvalue weighted by Gasteiger charge is -2.32. The van der Waals surface area contributed by atoms with Crippen LogP contribution in [0.1, 0.15) is 35.1 Å². The van der Waals surface area contributed by atoms with Crippen molar-refractivity contribution in [3.63, 3.8) is 0 Å². The minimum absolute atomic E-state index is 0.270. The van der Waals surface area contributed by atoms with Crippen LogP contribution in [0, 0.1) is 0 Å². The number of hydrogen-bond donors (Lipinski definition) is 0. The fraction of sp³-hybridized carbons (Fsp3) is 0.368. The number of esters is 1. The normalized spacial score (nSPS) is 16.2. The number of methoxy groups -OCH3 is 1. The molecule has 1 saturated heterocycles. The number of aromatic nitrogens is 3. The van der Waals surface area contributed by atoms with E-state index in [2.05, 4.69) is 36.0 Å². The summed E-state index contributed by atoms with van der Waals surface area (Å²) in [4.78, 5) is 19.0. The van der Waals surface area contributed by atoms with Crippen LogP contribution in [0.4, 0.5) is 0 Å². The first kappa shape index (κ1) is 17.3. The van der Waals surface area contributed by atoms with Crippen molar-refractivity contribution in [2.75, 3.05) is 20.2 Å². The van der Waals surface area contributed by atoms with Crippen LogP contribution in [-0.4, -0.2) is 45.0 Å². The number of imidazole rings is 1. The molecule has 3 aromatic heterocycles. The van der Waals surface area contributed by atoms with Gasteiger partial charge in [-0.1, -0.05) is 0 Å². The molecule has 0 unspecified atom stereocenters. The topological polar surface area (TPSA) is 51.8 Å². The van der Waals surface area contributed by atoms with E-state index in [1.165, 1.54) is 7.11 Å². The van der Waals surface area contributed by atoms with Crippen molar-refractivity contribution in [2.45, 2.75) is 25.4 Å². The van der Waals surface area contributed by atoms with Gasteiger partial charge in [0, 0.05) is 48.7 Å². The number of piperidine rings is 1. The fourth-order valence-electron chi connectivity index (χ4n) is 3.67. The largest absolute Gasteiger partial charge is 0.464 e. The van der Waals surface area contributed by atoms with Crippen molar-refractivity contribution in [1.82, 2.24) is 18.9 Å². The van der Waals surface area contributed by atoms with Gasteiger partial charge < -0.3 is 13.7 Å². The average molecular weight is 417 g/mol. The first-order valence-corrected chi connectivity index (χ1v) is 9.54. The van der Waals surface area contributed by atoms with Crippen LogP contribution in [0.15, 0.2) is 47.3 Å². The van der Waals surface area contributed by atoms with Crippen molar-refractivity contribution in [1.29, 1.82) is 0 Å². The van der Waals surface area contributed by atoms with Gasteiger partial charge in [-0.2, -0.15) is 0 Å². The highest BCUT2D eigenvalue weighted by molar-refractivity contribution is 9.10. The van der Waals surface area contributed by atoms with Crippen LogP contribution in [0.25, 0.3) is 5.65 Å². The summed E-state index contributed by atoms with van der Waals surface area (Å²) >= 11 is 3.49. The van der Waals surface area contributed by atoms with Crippen LogP contribution in [0.2, 0.25) is 0 Å². The van der Waals surface area contributed by atoms with Gasteiger partial charge >= 0.3 is 5.97 Å². The van der Waals surface area contributed by atoms with E-state index < -0.39 is 0 Å². The molecule has 0 atom stereocenters. The maximum atomic E-state index is 11.9. The Morgan fingerprint density at radius 3 is 2.85 bits per heavy atom.